The fourth-order valence-electron chi connectivity index (χ4n) is 1.02. The summed E-state index contributed by atoms with van der Waals surface area (Å²) < 4.78 is 20.4. The van der Waals surface area contributed by atoms with Crippen molar-refractivity contribution >= 4 is 13.3 Å². The van der Waals surface area contributed by atoms with Gasteiger partial charge in [0.2, 0.25) is 0 Å². The Morgan fingerprint density at radius 1 is 0.900 bits per heavy atom. The van der Waals surface area contributed by atoms with Gasteiger partial charge in [-0.2, -0.15) is 0 Å². The van der Waals surface area contributed by atoms with Gasteiger partial charge in [-0.25, -0.2) is 0 Å². The van der Waals surface area contributed by atoms with Gasteiger partial charge in [-0.1, -0.05) is 5.92 Å². The van der Waals surface area contributed by atoms with E-state index in [0.29, 0.717) is 19.8 Å². The van der Waals surface area contributed by atoms with Gasteiger partial charge < -0.3 is 4.74 Å². The van der Waals surface area contributed by atoms with E-state index >= 15 is 0 Å². The standard InChI is InChI=1S/C15H24GeO4/c1-5-10-17-14-18-11-6-7-12-19-15-20-13-8-9-16(2,3)4/h1,8-9H,10-15H2,2-4H3. The van der Waals surface area contributed by atoms with E-state index < -0.39 is 13.3 Å². The second-order valence-corrected chi connectivity index (χ2v) is 15.6. The Kier molecular flexibility index (Phi) is 12.7. The van der Waals surface area contributed by atoms with Crippen molar-refractivity contribution in [1.82, 2.24) is 0 Å². The molecule has 0 saturated carbocycles. The molecule has 0 heterocycles. The van der Waals surface area contributed by atoms with Gasteiger partial charge in [-0.05, 0) is 0 Å². The van der Waals surface area contributed by atoms with Gasteiger partial charge in [0.1, 0.15) is 6.61 Å². The van der Waals surface area contributed by atoms with Crippen LogP contribution in [-0.2, 0) is 18.9 Å². The summed E-state index contributed by atoms with van der Waals surface area (Å²) in [6, 6.07) is 0. The summed E-state index contributed by atoms with van der Waals surface area (Å²) in [6.07, 6.45) is 7.07. The number of hydrogen-bond donors (Lipinski definition) is 0. The van der Waals surface area contributed by atoms with Crippen LogP contribution in [0, 0.1) is 24.2 Å². The summed E-state index contributed by atoms with van der Waals surface area (Å²) in [5.74, 6) is 14.9. The van der Waals surface area contributed by atoms with E-state index in [1.165, 1.54) is 0 Å². The Morgan fingerprint density at radius 2 is 1.45 bits per heavy atom. The van der Waals surface area contributed by atoms with Crippen molar-refractivity contribution in [2.75, 3.05) is 40.0 Å². The SMILES string of the molecule is C#CCOCOCC#CCOCOCC=[CH][Ge]([CH3])([CH3])[CH3]. The molecule has 4 nitrogen and oxygen atoms in total. The molecule has 0 bridgehead atoms. The molecule has 112 valence electrons. The van der Waals surface area contributed by atoms with Gasteiger partial charge in [0, 0.05) is 0 Å². The molecular formula is C15H24GeO4. The van der Waals surface area contributed by atoms with E-state index in [2.05, 4.69) is 46.0 Å². The Labute approximate surface area is 125 Å². The zero-order valence-electron chi connectivity index (χ0n) is 12.6. The maximum atomic E-state index is 5.28. The molecule has 0 aromatic rings. The third-order valence-corrected chi connectivity index (χ3v) is 4.42. The number of hydrogen-bond acceptors (Lipinski definition) is 4. The van der Waals surface area contributed by atoms with Crippen LogP contribution in [0.25, 0.3) is 0 Å². The molecule has 0 aliphatic heterocycles. The van der Waals surface area contributed by atoms with Crippen LogP contribution in [0.5, 0.6) is 0 Å². The molecule has 0 fully saturated rings. The second-order valence-electron chi connectivity index (χ2n) is 4.98. The topological polar surface area (TPSA) is 36.9 Å². The molecule has 0 aromatic heterocycles. The molecule has 20 heavy (non-hydrogen) atoms. The summed E-state index contributed by atoms with van der Waals surface area (Å²) in [5.41, 5.74) is 0. The Hall–Kier alpha value is -0.757. The molecule has 0 radical (unpaired) electrons. The molecule has 0 saturated heterocycles. The van der Waals surface area contributed by atoms with Gasteiger partial charge >= 0.3 is 101 Å². The van der Waals surface area contributed by atoms with E-state index in [9.17, 15) is 0 Å². The first kappa shape index (κ1) is 19.2. The van der Waals surface area contributed by atoms with Crippen molar-refractivity contribution in [2.45, 2.75) is 17.3 Å². The minimum atomic E-state index is -1.57. The Bertz CT molecular complexity index is 355. The molecule has 0 rings (SSSR count). The summed E-state index contributed by atoms with van der Waals surface area (Å²) >= 11 is -1.57. The van der Waals surface area contributed by atoms with Crippen LogP contribution in [0.3, 0.4) is 0 Å². The van der Waals surface area contributed by atoms with E-state index in [0.717, 1.165) is 0 Å². The van der Waals surface area contributed by atoms with E-state index in [-0.39, 0.29) is 20.2 Å². The zero-order chi connectivity index (χ0) is 15.1. The van der Waals surface area contributed by atoms with Crippen molar-refractivity contribution < 1.29 is 18.9 Å². The van der Waals surface area contributed by atoms with Crippen molar-refractivity contribution in [3.63, 3.8) is 0 Å². The number of terminal acetylenes is 1. The van der Waals surface area contributed by atoms with Crippen LogP contribution in [0.4, 0.5) is 0 Å². The second kappa shape index (κ2) is 13.2. The van der Waals surface area contributed by atoms with Gasteiger partial charge in [0.15, 0.2) is 0 Å². The van der Waals surface area contributed by atoms with E-state index in [4.69, 9.17) is 25.4 Å². The molecule has 0 atom stereocenters. The van der Waals surface area contributed by atoms with E-state index in [1.54, 1.807) is 0 Å². The van der Waals surface area contributed by atoms with Crippen LogP contribution >= 0.6 is 0 Å². The molecule has 0 amide bonds. The van der Waals surface area contributed by atoms with E-state index in [1.807, 2.05) is 0 Å². The first-order valence-corrected chi connectivity index (χ1v) is 13.9. The average Bonchev–Trinajstić information content (AvgIpc) is 2.38. The zero-order valence-corrected chi connectivity index (χ0v) is 14.7. The first-order chi connectivity index (χ1) is 9.56. The van der Waals surface area contributed by atoms with Crippen molar-refractivity contribution in [2.24, 2.45) is 0 Å². The number of ether oxygens (including phenoxy) is 4. The van der Waals surface area contributed by atoms with Crippen LogP contribution in [0.2, 0.25) is 17.3 Å². The van der Waals surface area contributed by atoms with Gasteiger partial charge in [0.25, 0.3) is 0 Å². The van der Waals surface area contributed by atoms with Crippen molar-refractivity contribution in [1.29, 1.82) is 0 Å². The Morgan fingerprint density at radius 3 is 2.00 bits per heavy atom. The van der Waals surface area contributed by atoms with Crippen LogP contribution in [0.15, 0.2) is 11.0 Å². The quantitative estimate of drug-likeness (QED) is 0.264. The summed E-state index contributed by atoms with van der Waals surface area (Å²) in [6.45, 7) is 1.88. The molecule has 5 heteroatoms. The molecule has 0 spiro atoms. The maximum absolute atomic E-state index is 5.28. The van der Waals surface area contributed by atoms with Crippen LogP contribution in [0.1, 0.15) is 0 Å². The summed E-state index contributed by atoms with van der Waals surface area (Å²) in [7, 11) is 0. The van der Waals surface area contributed by atoms with Crippen molar-refractivity contribution in [3.05, 3.63) is 11.0 Å². The first-order valence-electron chi connectivity index (χ1n) is 6.44. The fraction of sp³-hybridized carbons (Fsp3) is 0.600. The van der Waals surface area contributed by atoms with Gasteiger partial charge in [-0.3, -0.25) is 0 Å². The minimum absolute atomic E-state index is 0.160. The summed E-state index contributed by atoms with van der Waals surface area (Å²) in [4.78, 5) is 2.29. The van der Waals surface area contributed by atoms with Gasteiger partial charge in [-0.15, -0.1) is 6.42 Å². The van der Waals surface area contributed by atoms with Gasteiger partial charge in [0.05, 0.1) is 0 Å². The third-order valence-electron chi connectivity index (χ3n) is 1.82. The Balaban J connectivity index is 3.29. The number of rotatable bonds is 10. The summed E-state index contributed by atoms with van der Waals surface area (Å²) in [5, 5.41) is 0. The molecule has 0 aromatic carbocycles. The van der Waals surface area contributed by atoms with Crippen LogP contribution < -0.4 is 0 Å². The predicted molar refractivity (Wildman–Crippen MR) is 82.6 cm³/mol. The predicted octanol–water partition coefficient (Wildman–Crippen LogP) is 2.04. The molecular weight excluding hydrogens is 317 g/mol. The molecule has 0 N–H and O–H groups in total. The monoisotopic (exact) mass is 342 g/mol. The van der Waals surface area contributed by atoms with Crippen molar-refractivity contribution in [3.8, 4) is 24.2 Å². The fourth-order valence-corrected chi connectivity index (χ4v) is 2.71. The molecule has 0 aliphatic carbocycles. The molecule has 0 aliphatic rings. The average molecular weight is 341 g/mol. The normalized spacial score (nSPS) is 11.1. The molecule has 0 unspecified atom stereocenters. The van der Waals surface area contributed by atoms with Crippen LogP contribution in [-0.4, -0.2) is 53.3 Å². The third kappa shape index (κ3) is 17.2.